The zero-order valence-electron chi connectivity index (χ0n) is 59.3. The van der Waals surface area contributed by atoms with Gasteiger partial charge in [-0.3, -0.25) is 0 Å². The fourth-order valence-electron chi connectivity index (χ4n) is 16.8. The number of aromatic nitrogens is 6. The molecular formula is C102H62N6O2. The predicted octanol–water partition coefficient (Wildman–Crippen LogP) is 27.2. The van der Waals surface area contributed by atoms with Gasteiger partial charge in [-0.15, -0.1) is 0 Å². The lowest BCUT2D eigenvalue weighted by atomic mass is 9.99. The molecule has 0 aliphatic rings. The molecule has 0 amide bonds. The van der Waals surface area contributed by atoms with Gasteiger partial charge >= 0.3 is 0 Å². The first-order chi connectivity index (χ1) is 54.5. The highest BCUT2D eigenvalue weighted by Gasteiger charge is 2.25. The monoisotopic (exact) mass is 1400 g/mol. The third-order valence-electron chi connectivity index (χ3n) is 21.9. The second-order valence-corrected chi connectivity index (χ2v) is 28.3. The number of para-hydroxylation sites is 2. The molecule has 0 bridgehead atoms. The molecule has 8 nitrogen and oxygen atoms in total. The third kappa shape index (κ3) is 10.4. The van der Waals surface area contributed by atoms with Gasteiger partial charge < -0.3 is 18.0 Å². The molecule has 0 N–H and O–H groups in total. The number of hydrogen-bond donors (Lipinski definition) is 0. The molecule has 110 heavy (non-hydrogen) atoms. The van der Waals surface area contributed by atoms with Gasteiger partial charge in [-0.25, -0.2) is 19.9 Å². The highest BCUT2D eigenvalue weighted by atomic mass is 16.3. The first-order valence-corrected chi connectivity index (χ1v) is 37.2. The van der Waals surface area contributed by atoms with Gasteiger partial charge in [0, 0.05) is 76.5 Å². The maximum Gasteiger partial charge on any atom is 0.164 e. The smallest absolute Gasteiger partial charge is 0.164 e. The van der Waals surface area contributed by atoms with E-state index in [-0.39, 0.29) is 0 Å². The molecule has 0 fully saturated rings. The molecule has 8 heteroatoms. The summed E-state index contributed by atoms with van der Waals surface area (Å²) >= 11 is 0. The van der Waals surface area contributed by atoms with Gasteiger partial charge in [0.15, 0.2) is 11.6 Å². The summed E-state index contributed by atoms with van der Waals surface area (Å²) in [5.74, 6) is 1.27. The van der Waals surface area contributed by atoms with Crippen molar-refractivity contribution in [3.63, 3.8) is 0 Å². The Morgan fingerprint density at radius 3 is 1.15 bits per heavy atom. The van der Waals surface area contributed by atoms with Crippen molar-refractivity contribution in [2.45, 2.75) is 0 Å². The topological polar surface area (TPSA) is 87.7 Å². The van der Waals surface area contributed by atoms with Gasteiger partial charge in [-0.2, -0.15) is 0 Å². The molecule has 0 atom stereocenters. The van der Waals surface area contributed by atoms with Crippen molar-refractivity contribution >= 4 is 131 Å². The van der Waals surface area contributed by atoms with Crippen molar-refractivity contribution in [1.82, 2.24) is 29.1 Å². The van der Waals surface area contributed by atoms with Crippen LogP contribution in [0.2, 0.25) is 0 Å². The maximum atomic E-state index is 6.89. The van der Waals surface area contributed by atoms with E-state index in [1.54, 1.807) is 0 Å². The molecule has 0 saturated heterocycles. The molecule has 0 saturated carbocycles. The van der Waals surface area contributed by atoms with E-state index in [9.17, 15) is 0 Å². The van der Waals surface area contributed by atoms with Gasteiger partial charge in [0.2, 0.25) is 0 Å². The number of fused-ring (bicyclic) bond motifs is 18. The zero-order valence-corrected chi connectivity index (χ0v) is 59.3. The summed E-state index contributed by atoms with van der Waals surface area (Å²) in [4.78, 5) is 20.9. The Morgan fingerprint density at radius 2 is 0.618 bits per heavy atom. The lowest BCUT2D eigenvalue weighted by Crippen LogP contribution is -1.96. The Balaban J connectivity index is 0.000000136. The minimum Gasteiger partial charge on any atom is -0.455 e. The van der Waals surface area contributed by atoms with Crippen LogP contribution in [-0.4, -0.2) is 29.1 Å². The molecule has 0 aliphatic heterocycles. The molecule has 6 aromatic heterocycles. The molecule has 6 heterocycles. The quantitative estimate of drug-likeness (QED) is 0.143. The van der Waals surface area contributed by atoms with Crippen molar-refractivity contribution in [1.29, 1.82) is 0 Å². The average molecular weight is 1400 g/mol. The molecular weight excluding hydrogens is 1340 g/mol. The Kier molecular flexibility index (Phi) is 14.5. The predicted molar refractivity (Wildman–Crippen MR) is 455 cm³/mol. The lowest BCUT2D eigenvalue weighted by molar-refractivity contribution is 0.669. The van der Waals surface area contributed by atoms with Crippen molar-refractivity contribution in [2.75, 3.05) is 0 Å². The van der Waals surface area contributed by atoms with Crippen molar-refractivity contribution < 1.29 is 8.83 Å². The summed E-state index contributed by atoms with van der Waals surface area (Å²) in [5, 5.41) is 17.1. The number of nitrogens with zero attached hydrogens (tertiary/aromatic N) is 6. The van der Waals surface area contributed by atoms with Crippen LogP contribution < -0.4 is 0 Å². The van der Waals surface area contributed by atoms with E-state index < -0.39 is 0 Å². The maximum absolute atomic E-state index is 6.89. The molecule has 0 unspecified atom stereocenters. The van der Waals surface area contributed by atoms with Crippen molar-refractivity contribution in [2.24, 2.45) is 0 Å². The highest BCUT2D eigenvalue weighted by Crippen LogP contribution is 2.47. The number of hydrogen-bond acceptors (Lipinski definition) is 6. The van der Waals surface area contributed by atoms with Crippen LogP contribution in [0.1, 0.15) is 0 Å². The Morgan fingerprint density at radius 1 is 0.218 bits per heavy atom. The van der Waals surface area contributed by atoms with E-state index in [4.69, 9.17) is 28.8 Å². The first-order valence-electron chi connectivity index (χ1n) is 37.2. The molecule has 0 aliphatic carbocycles. The van der Waals surface area contributed by atoms with Crippen LogP contribution in [0.4, 0.5) is 0 Å². The minimum absolute atomic E-state index is 0.629. The fraction of sp³-hybridized carbons (Fsp3) is 0. The number of furan rings is 2. The number of benzene rings is 17. The lowest BCUT2D eigenvalue weighted by Gasteiger charge is -2.11. The average Bonchev–Trinajstić information content (AvgIpc) is 1.56. The van der Waals surface area contributed by atoms with Gasteiger partial charge in [0.25, 0.3) is 0 Å². The second-order valence-electron chi connectivity index (χ2n) is 28.3. The standard InChI is InChI=1S/C54H33N3O.C48H29N3O/c1-4-14-34(15-5-1)37-24-27-48-43(30-37)44-31-38(35-16-6-2-7-17-35)25-28-49(44)57(48)40-26-29-50-45(33-40)51-41-21-11-10-20-39(41)32-46(53(51)58-50)54-55-47-23-13-12-22-42(47)52(56-54)36-18-8-3-9-19-36;1-3-13-30(14-4-1)41-29-42(31-15-5-2-6-16-31)50-48(49-41)40-26-34-19-9-10-20-36(34)46-39-28-35(23-24-45(39)52-47(40)46)51-43-22-12-11-21-37(43)38-25-32-17-7-8-18-33(32)27-44(38)51/h1-33H;1-29H. The van der Waals surface area contributed by atoms with Crippen molar-refractivity contribution in [3.8, 4) is 90.2 Å². The summed E-state index contributed by atoms with van der Waals surface area (Å²) in [6.45, 7) is 0. The summed E-state index contributed by atoms with van der Waals surface area (Å²) in [6.07, 6.45) is 0. The van der Waals surface area contributed by atoms with Crippen LogP contribution in [0.25, 0.3) is 221 Å². The largest absolute Gasteiger partial charge is 0.455 e. The van der Waals surface area contributed by atoms with Gasteiger partial charge in [-0.1, -0.05) is 273 Å². The molecule has 0 spiro atoms. The van der Waals surface area contributed by atoms with Gasteiger partial charge in [-0.05, 0) is 158 Å². The molecule has 23 rings (SSSR count). The van der Waals surface area contributed by atoms with Gasteiger partial charge in [0.1, 0.15) is 22.3 Å². The fourth-order valence-corrected chi connectivity index (χ4v) is 16.8. The summed E-state index contributed by atoms with van der Waals surface area (Å²) in [6, 6.07) is 133. The molecule has 17 aromatic carbocycles. The molecule has 512 valence electrons. The number of rotatable bonds is 9. The summed E-state index contributed by atoms with van der Waals surface area (Å²) < 4.78 is 18.5. The highest BCUT2D eigenvalue weighted by molar-refractivity contribution is 6.25. The van der Waals surface area contributed by atoms with Crippen molar-refractivity contribution in [3.05, 3.63) is 376 Å². The third-order valence-corrected chi connectivity index (χ3v) is 21.9. The Hall–Kier alpha value is -14.9. The molecule has 0 radical (unpaired) electrons. The summed E-state index contributed by atoms with van der Waals surface area (Å²) in [5.41, 5.74) is 23.2. The zero-order chi connectivity index (χ0) is 72.3. The van der Waals surface area contributed by atoms with E-state index in [0.29, 0.717) is 11.6 Å². The van der Waals surface area contributed by atoms with Crippen LogP contribution >= 0.6 is 0 Å². The summed E-state index contributed by atoms with van der Waals surface area (Å²) in [7, 11) is 0. The van der Waals surface area contributed by atoms with Crippen LogP contribution in [-0.2, 0) is 0 Å². The van der Waals surface area contributed by atoms with E-state index in [0.717, 1.165) is 144 Å². The first kappa shape index (κ1) is 62.5. The van der Waals surface area contributed by atoms with Crippen LogP contribution in [0, 0.1) is 0 Å². The van der Waals surface area contributed by atoms with E-state index in [2.05, 4.69) is 331 Å². The van der Waals surface area contributed by atoms with Crippen LogP contribution in [0.15, 0.2) is 385 Å². The second kappa shape index (κ2) is 25.4. The van der Waals surface area contributed by atoms with Gasteiger partial charge in [0.05, 0.1) is 55.8 Å². The Bertz CT molecular complexity index is 7480. The normalized spacial score (nSPS) is 11.8. The Labute approximate surface area is 630 Å². The van der Waals surface area contributed by atoms with Crippen LogP contribution in [0.5, 0.6) is 0 Å². The van der Waals surface area contributed by atoms with E-state index in [1.807, 2.05) is 54.6 Å². The minimum atomic E-state index is 0.629. The molecule has 23 aromatic rings. The SMILES string of the molecule is c1ccc(-c2cc(-c3ccccc3)nc(-c3cc4ccccc4c4c3oc3ccc(-n5c6ccccc6c6cc7ccccc7cc65)cc34)n2)cc1.c1ccc(-c2ccc3c(c2)c2cc(-c4ccccc4)ccc2n3-c2ccc3oc4c(-c5nc(-c6ccccc6)c6ccccc6n5)cc5ccccc5c4c3c2)cc1. The van der Waals surface area contributed by atoms with E-state index >= 15 is 0 Å². The van der Waals surface area contributed by atoms with Crippen LogP contribution in [0.3, 0.4) is 0 Å². The van der Waals surface area contributed by atoms with E-state index in [1.165, 1.54) is 65.6 Å².